The minimum atomic E-state index is -2.77. The molecule has 2 aliphatic heterocycles. The van der Waals surface area contributed by atoms with E-state index in [0.29, 0.717) is 0 Å². The number of hydrogen-bond acceptors (Lipinski definition) is 4. The minimum Gasteiger partial charge on any atom is 2.00 e. The fraction of sp³-hybridized carbons (Fsp3) is 0. The second-order valence-electron chi connectivity index (χ2n) is 3.53. The Balaban J connectivity index is 0.000000364. The van der Waals surface area contributed by atoms with Crippen LogP contribution in [0.1, 0.15) is 0 Å². The molecule has 0 amide bonds. The van der Waals surface area contributed by atoms with E-state index in [0.717, 1.165) is 0 Å². The average molecular weight is 424 g/mol. The van der Waals surface area contributed by atoms with Gasteiger partial charge in [0.25, 0.3) is 0 Å². The number of rotatable bonds is 2. The third kappa shape index (κ3) is 6.76. The van der Waals surface area contributed by atoms with Crippen molar-refractivity contribution < 1.29 is 28.6 Å². The van der Waals surface area contributed by atoms with Gasteiger partial charge in [-0.2, -0.15) is 0 Å². The summed E-state index contributed by atoms with van der Waals surface area (Å²) in [4.78, 5) is 20.7. The minimum absolute atomic E-state index is 0. The quantitative estimate of drug-likeness (QED) is 0.541. The molecule has 9 heteroatoms. The first-order valence-electron chi connectivity index (χ1n) is 5.35. The molecule has 0 aliphatic carbocycles. The van der Waals surface area contributed by atoms with E-state index in [1.165, 1.54) is 34.1 Å². The Hall–Kier alpha value is -0.648. The Morgan fingerprint density at radius 2 is 1.14 bits per heavy atom. The van der Waals surface area contributed by atoms with Gasteiger partial charge < -0.3 is 0 Å². The van der Waals surface area contributed by atoms with Crippen LogP contribution in [0.15, 0.2) is 46.3 Å². The molecule has 0 aromatic carbocycles. The molecule has 0 saturated heterocycles. The van der Waals surface area contributed by atoms with Crippen molar-refractivity contribution in [3.63, 3.8) is 0 Å². The second kappa shape index (κ2) is 10.1. The summed E-state index contributed by atoms with van der Waals surface area (Å²) < 4.78 is 24.0. The third-order valence-corrected chi connectivity index (χ3v) is 9.10. The summed E-state index contributed by atoms with van der Waals surface area (Å²) in [7, 11) is 0. The van der Waals surface area contributed by atoms with Crippen molar-refractivity contribution in [2.75, 3.05) is 0 Å². The summed E-state index contributed by atoms with van der Waals surface area (Å²) in [6, 6.07) is 0. The van der Waals surface area contributed by atoms with E-state index < -0.39 is 46.6 Å². The van der Waals surface area contributed by atoms with Crippen LogP contribution in [0.4, 0.5) is 18.4 Å². The fourth-order valence-electron chi connectivity index (χ4n) is 1.25. The van der Waals surface area contributed by atoms with Crippen LogP contribution in [0.3, 0.4) is 0 Å². The van der Waals surface area contributed by atoms with Gasteiger partial charge in [-0.1, -0.05) is 0 Å². The largest absolute Gasteiger partial charge is 2.00 e. The van der Waals surface area contributed by atoms with Gasteiger partial charge >= 0.3 is 145 Å². The van der Waals surface area contributed by atoms with Crippen LogP contribution in [-0.2, 0) is 0 Å². The number of carboxylic acid groups (broad SMARTS) is 2. The monoisotopic (exact) mass is 426 g/mol. The van der Waals surface area contributed by atoms with Gasteiger partial charge in [0.2, 0.25) is 0 Å². The van der Waals surface area contributed by atoms with Gasteiger partial charge in [0, 0.05) is 0 Å². The van der Waals surface area contributed by atoms with Crippen molar-refractivity contribution in [1.29, 1.82) is 0 Å². The zero-order chi connectivity index (χ0) is 15.1. The Kier molecular flexibility index (Phi) is 9.83. The molecular formula is C12H8F2Ge2MgO4. The predicted molar refractivity (Wildman–Crippen MR) is 76.8 cm³/mol. The maximum atomic E-state index is 12.5. The maximum absolute atomic E-state index is 12.5. The third-order valence-electron chi connectivity index (χ3n) is 2.19. The topological polar surface area (TPSA) is 80.3 Å². The maximum Gasteiger partial charge on any atom is 2.00 e. The standard InChI is InChI=1S/2C6H5FGeO2.Mg/c2*7-5-3-1-2-4-8(5)6(9)10;/h2*1-4H,(H,9,10);/q;;+2/p-2. The molecule has 2 heterocycles. The SMILES string of the molecule is O=[C]([O-])[Ge]1=[C](F)C=CC=[CH]1.O=[C]([O-])[Ge]1=[C](F)C=CC=[CH]1.[Mg+2]. The normalized spacial score (nSPS) is 15.3. The van der Waals surface area contributed by atoms with Gasteiger partial charge in [-0.3, -0.25) is 0 Å². The first-order chi connectivity index (χ1) is 9.43. The molecule has 104 valence electrons. The molecule has 2 rings (SSSR count). The number of carbonyl (C=O) groups is 2. The van der Waals surface area contributed by atoms with E-state index in [1.54, 1.807) is 12.2 Å². The van der Waals surface area contributed by atoms with Crippen LogP contribution in [-0.4, -0.2) is 69.7 Å². The van der Waals surface area contributed by atoms with Crippen molar-refractivity contribution in [1.82, 2.24) is 0 Å². The molecule has 0 unspecified atom stereocenters. The van der Waals surface area contributed by atoms with Gasteiger partial charge in [0.15, 0.2) is 0 Å². The van der Waals surface area contributed by atoms with Gasteiger partial charge in [0.1, 0.15) is 0 Å². The smallest absolute Gasteiger partial charge is 2.00 e. The Labute approximate surface area is 144 Å². The molecule has 0 atom stereocenters. The van der Waals surface area contributed by atoms with Crippen molar-refractivity contribution in [2.45, 2.75) is 0 Å². The van der Waals surface area contributed by atoms with Gasteiger partial charge in [-0.05, 0) is 0 Å². The molecule has 0 saturated carbocycles. The fourth-order valence-corrected chi connectivity index (χ4v) is 5.74. The first kappa shape index (κ1) is 20.4. The van der Waals surface area contributed by atoms with E-state index in [2.05, 4.69) is 0 Å². The van der Waals surface area contributed by atoms with Crippen LogP contribution in [0, 0.1) is 0 Å². The Bertz CT molecular complexity index is 565. The second-order valence-corrected chi connectivity index (χ2v) is 12.1. The molecule has 2 aliphatic rings. The summed E-state index contributed by atoms with van der Waals surface area (Å²) in [6.07, 6.45) is 8.43. The summed E-state index contributed by atoms with van der Waals surface area (Å²) in [5.74, 6) is 0. The van der Waals surface area contributed by atoms with Crippen LogP contribution < -0.4 is 10.2 Å². The zero-order valence-electron chi connectivity index (χ0n) is 10.7. The van der Waals surface area contributed by atoms with E-state index in [4.69, 9.17) is 0 Å². The molecule has 0 spiro atoms. The first-order valence-corrected chi connectivity index (χ1v) is 12.0. The molecular weight excluding hydrogens is 416 g/mol. The summed E-state index contributed by atoms with van der Waals surface area (Å²) in [5, 5.41) is 20.4. The number of carbonyl (C=O) groups excluding carboxylic acids is 2. The van der Waals surface area contributed by atoms with Crippen molar-refractivity contribution >= 4 is 69.7 Å². The van der Waals surface area contributed by atoms with Crippen LogP contribution in [0.25, 0.3) is 0 Å². The molecule has 0 aromatic heterocycles. The van der Waals surface area contributed by atoms with Crippen LogP contribution >= 0.6 is 0 Å². The predicted octanol–water partition coefficient (Wildman–Crippen LogP) is -0.876. The molecule has 0 fully saturated rings. The van der Waals surface area contributed by atoms with E-state index in [9.17, 15) is 28.6 Å². The van der Waals surface area contributed by atoms with E-state index in [1.807, 2.05) is 0 Å². The summed E-state index contributed by atoms with van der Waals surface area (Å²) in [5.41, 5.74) is 0. The van der Waals surface area contributed by atoms with Crippen LogP contribution in [0.2, 0.25) is 0 Å². The Morgan fingerprint density at radius 1 is 0.810 bits per heavy atom. The number of halogens is 2. The number of hydrogen-bond donors (Lipinski definition) is 0. The van der Waals surface area contributed by atoms with E-state index in [-0.39, 0.29) is 23.1 Å². The Morgan fingerprint density at radius 3 is 1.33 bits per heavy atom. The number of allylic oxidation sites excluding steroid dienone is 6. The van der Waals surface area contributed by atoms with Gasteiger partial charge in [0.05, 0.1) is 0 Å². The molecule has 21 heavy (non-hydrogen) atoms. The van der Waals surface area contributed by atoms with Crippen molar-refractivity contribution in [3.05, 3.63) is 46.3 Å². The van der Waals surface area contributed by atoms with Gasteiger partial charge in [-0.25, -0.2) is 0 Å². The van der Waals surface area contributed by atoms with Crippen molar-refractivity contribution in [3.8, 4) is 0 Å². The van der Waals surface area contributed by atoms with E-state index >= 15 is 0 Å². The molecule has 4 nitrogen and oxygen atoms in total. The van der Waals surface area contributed by atoms with Crippen LogP contribution in [0.5, 0.6) is 0 Å². The molecule has 0 N–H and O–H groups in total. The van der Waals surface area contributed by atoms with Crippen molar-refractivity contribution in [2.24, 2.45) is 0 Å². The molecule has 0 bridgehead atoms. The molecule has 0 radical (unpaired) electrons. The summed E-state index contributed by atoms with van der Waals surface area (Å²) >= 11 is -5.54. The average Bonchev–Trinajstić information content (AvgIpc) is 2.40. The zero-order valence-corrected chi connectivity index (χ0v) is 16.3. The molecule has 0 aromatic rings. The summed E-state index contributed by atoms with van der Waals surface area (Å²) in [6.45, 7) is 0. The van der Waals surface area contributed by atoms with Gasteiger partial charge in [-0.15, -0.1) is 0 Å².